The van der Waals surface area contributed by atoms with Crippen LogP contribution in [0, 0.1) is 18.8 Å². The molecule has 1 aromatic carbocycles. The summed E-state index contributed by atoms with van der Waals surface area (Å²) in [4.78, 5) is 22.5. The number of nitrogens with one attached hydrogen (secondary N) is 1. The quantitative estimate of drug-likeness (QED) is 0.807. The molecule has 5 nitrogen and oxygen atoms in total. The predicted octanol–water partition coefficient (Wildman–Crippen LogP) is 3.36. The van der Waals surface area contributed by atoms with Crippen molar-refractivity contribution in [2.24, 2.45) is 11.8 Å². The average Bonchev–Trinajstić information content (AvgIpc) is 3.24. The summed E-state index contributed by atoms with van der Waals surface area (Å²) in [6.45, 7) is 5.62. The number of aromatic amines is 1. The van der Waals surface area contributed by atoms with Crippen LogP contribution in [0.2, 0.25) is 0 Å². The number of aryl methyl sites for hydroxylation is 1. The van der Waals surface area contributed by atoms with Crippen molar-refractivity contribution >= 4 is 28.7 Å². The minimum atomic E-state index is -0.582. The Balaban J connectivity index is 1.39. The third-order valence-corrected chi connectivity index (χ3v) is 7.09. The number of carbonyl (C=O) groups excluding carboxylic acids is 1. The number of likely N-dealkylation sites (tertiary alicyclic amines) is 1. The van der Waals surface area contributed by atoms with Crippen molar-refractivity contribution in [1.29, 1.82) is 0 Å². The number of carbonyl (C=O) groups is 1. The van der Waals surface area contributed by atoms with E-state index >= 15 is 0 Å². The van der Waals surface area contributed by atoms with Gasteiger partial charge in [-0.2, -0.15) is 0 Å². The molecule has 2 fully saturated rings. The molecule has 1 aliphatic heterocycles. The monoisotopic (exact) mass is 373 g/mol. The highest BCUT2D eigenvalue weighted by Crippen LogP contribution is 2.44. The van der Waals surface area contributed by atoms with Crippen molar-refractivity contribution in [3.63, 3.8) is 0 Å². The van der Waals surface area contributed by atoms with E-state index in [4.69, 9.17) is 0 Å². The van der Waals surface area contributed by atoms with Crippen LogP contribution >= 0.6 is 11.8 Å². The molecule has 0 spiro atoms. The minimum absolute atomic E-state index is 0.152. The van der Waals surface area contributed by atoms with E-state index in [0.29, 0.717) is 18.2 Å². The summed E-state index contributed by atoms with van der Waals surface area (Å²) in [6.07, 6.45) is 3.86. The molecule has 1 amide bonds. The maximum absolute atomic E-state index is 12.7. The number of aromatic nitrogens is 2. The molecule has 140 valence electrons. The first-order valence-electron chi connectivity index (χ1n) is 9.58. The van der Waals surface area contributed by atoms with Gasteiger partial charge in [-0.15, -0.1) is 0 Å². The van der Waals surface area contributed by atoms with Gasteiger partial charge < -0.3 is 15.0 Å². The molecule has 0 bridgehead atoms. The molecular weight excluding hydrogens is 346 g/mol. The number of fused-ring (bicyclic) bond motifs is 2. The van der Waals surface area contributed by atoms with Gasteiger partial charge in [-0.25, -0.2) is 4.98 Å². The van der Waals surface area contributed by atoms with Crippen LogP contribution in [0.4, 0.5) is 0 Å². The highest BCUT2D eigenvalue weighted by Gasteiger charge is 2.48. The topological polar surface area (TPSA) is 69.2 Å². The van der Waals surface area contributed by atoms with Crippen LogP contribution in [0.15, 0.2) is 23.4 Å². The number of thioether (sulfide) groups is 1. The average molecular weight is 374 g/mol. The van der Waals surface area contributed by atoms with Crippen LogP contribution in [-0.4, -0.2) is 50.3 Å². The molecule has 1 aromatic heterocycles. The van der Waals surface area contributed by atoms with E-state index in [0.717, 1.165) is 48.4 Å². The van der Waals surface area contributed by atoms with Crippen LogP contribution in [-0.2, 0) is 4.79 Å². The van der Waals surface area contributed by atoms with Gasteiger partial charge in [-0.05, 0) is 49.8 Å². The zero-order valence-corrected chi connectivity index (χ0v) is 16.3. The number of rotatable bonds is 4. The van der Waals surface area contributed by atoms with Crippen molar-refractivity contribution in [1.82, 2.24) is 14.9 Å². The molecule has 3 atom stereocenters. The number of H-pyrrole nitrogens is 1. The Morgan fingerprint density at radius 1 is 1.46 bits per heavy atom. The predicted molar refractivity (Wildman–Crippen MR) is 104 cm³/mol. The second kappa shape index (κ2) is 6.89. The Hall–Kier alpha value is -1.53. The second-order valence-electron chi connectivity index (χ2n) is 7.87. The normalized spacial score (nSPS) is 28.5. The van der Waals surface area contributed by atoms with Crippen LogP contribution < -0.4 is 0 Å². The first kappa shape index (κ1) is 17.9. The smallest absolute Gasteiger partial charge is 0.233 e. The van der Waals surface area contributed by atoms with Crippen LogP contribution in [0.3, 0.4) is 0 Å². The summed E-state index contributed by atoms with van der Waals surface area (Å²) >= 11 is 1.47. The maximum Gasteiger partial charge on any atom is 0.233 e. The molecule has 6 heteroatoms. The lowest BCUT2D eigenvalue weighted by molar-refractivity contribution is -0.127. The molecule has 26 heavy (non-hydrogen) atoms. The molecule has 2 heterocycles. The van der Waals surface area contributed by atoms with Gasteiger partial charge in [0.15, 0.2) is 5.16 Å². The third-order valence-electron chi connectivity index (χ3n) is 6.23. The Labute approximate surface area is 158 Å². The standard InChI is InChI=1S/C20H27N3O2S/c1-3-20(25)8-4-5-14-10-23(11-15(14)20)18(24)12-26-19-21-16-7-6-13(2)9-17(16)22-19/h6-7,9,14-15,25H,3-5,8,10-12H2,1-2H3,(H,21,22)/t14-,15+,20-/m0/s1. The Kier molecular flexibility index (Phi) is 4.73. The van der Waals surface area contributed by atoms with E-state index in [-0.39, 0.29) is 11.8 Å². The molecule has 4 rings (SSSR count). The summed E-state index contributed by atoms with van der Waals surface area (Å²) in [5.74, 6) is 1.24. The SMILES string of the molecule is CC[C@]1(O)CCC[C@H]2CN(C(=O)CSc3nc4ccc(C)cc4[nH]3)C[C@H]21. The number of aliphatic hydroxyl groups is 1. The fourth-order valence-corrected chi connectivity index (χ4v) is 5.45. The van der Waals surface area contributed by atoms with E-state index in [1.165, 1.54) is 17.3 Å². The van der Waals surface area contributed by atoms with Gasteiger partial charge in [0.1, 0.15) is 0 Å². The van der Waals surface area contributed by atoms with Gasteiger partial charge in [0, 0.05) is 19.0 Å². The van der Waals surface area contributed by atoms with Crippen molar-refractivity contribution < 1.29 is 9.90 Å². The molecule has 2 N–H and O–H groups in total. The zero-order chi connectivity index (χ0) is 18.3. The number of nitrogens with zero attached hydrogens (tertiary/aromatic N) is 2. The fraction of sp³-hybridized carbons (Fsp3) is 0.600. The van der Waals surface area contributed by atoms with Crippen molar-refractivity contribution in [2.45, 2.75) is 50.3 Å². The Morgan fingerprint density at radius 3 is 3.12 bits per heavy atom. The Bertz CT molecular complexity index is 820. The number of hydrogen-bond donors (Lipinski definition) is 2. The van der Waals surface area contributed by atoms with Crippen molar-refractivity contribution in [2.75, 3.05) is 18.8 Å². The van der Waals surface area contributed by atoms with Gasteiger partial charge >= 0.3 is 0 Å². The number of amides is 1. The highest BCUT2D eigenvalue weighted by atomic mass is 32.2. The van der Waals surface area contributed by atoms with Crippen LogP contribution in [0.25, 0.3) is 11.0 Å². The molecule has 1 saturated heterocycles. The van der Waals surface area contributed by atoms with Gasteiger partial charge in [-0.1, -0.05) is 31.2 Å². The summed E-state index contributed by atoms with van der Waals surface area (Å²) in [5.41, 5.74) is 2.56. The first-order valence-corrected chi connectivity index (χ1v) is 10.6. The van der Waals surface area contributed by atoms with E-state index in [1.807, 2.05) is 17.0 Å². The molecular formula is C20H27N3O2S. The summed E-state index contributed by atoms with van der Waals surface area (Å²) in [7, 11) is 0. The largest absolute Gasteiger partial charge is 0.390 e. The highest BCUT2D eigenvalue weighted by molar-refractivity contribution is 7.99. The summed E-state index contributed by atoms with van der Waals surface area (Å²) < 4.78 is 0. The third kappa shape index (κ3) is 3.25. The Morgan fingerprint density at radius 2 is 2.31 bits per heavy atom. The lowest BCUT2D eigenvalue weighted by Gasteiger charge is -2.40. The summed E-state index contributed by atoms with van der Waals surface area (Å²) in [5, 5.41) is 11.7. The van der Waals surface area contributed by atoms with Gasteiger partial charge in [0.2, 0.25) is 5.91 Å². The van der Waals surface area contributed by atoms with Crippen LogP contribution in [0.5, 0.6) is 0 Å². The zero-order valence-electron chi connectivity index (χ0n) is 15.5. The summed E-state index contributed by atoms with van der Waals surface area (Å²) in [6, 6.07) is 6.12. The van der Waals surface area contributed by atoms with Crippen LogP contribution in [0.1, 0.15) is 38.2 Å². The molecule has 2 aliphatic rings. The van der Waals surface area contributed by atoms with Crippen molar-refractivity contribution in [3.05, 3.63) is 23.8 Å². The van der Waals surface area contributed by atoms with E-state index in [1.54, 1.807) is 0 Å². The lowest BCUT2D eigenvalue weighted by Crippen LogP contribution is -2.44. The molecule has 0 radical (unpaired) electrons. The second-order valence-corrected chi connectivity index (χ2v) is 8.83. The van der Waals surface area contributed by atoms with Gasteiger partial charge in [0.05, 0.1) is 22.4 Å². The molecule has 0 unspecified atom stereocenters. The molecule has 1 saturated carbocycles. The van der Waals surface area contributed by atoms with Gasteiger partial charge in [-0.3, -0.25) is 4.79 Å². The van der Waals surface area contributed by atoms with E-state index in [9.17, 15) is 9.90 Å². The molecule has 2 aromatic rings. The van der Waals surface area contributed by atoms with Gasteiger partial charge in [0.25, 0.3) is 0 Å². The first-order chi connectivity index (χ1) is 12.5. The van der Waals surface area contributed by atoms with Crippen molar-refractivity contribution in [3.8, 4) is 0 Å². The fourth-order valence-electron chi connectivity index (χ4n) is 4.66. The molecule has 1 aliphatic carbocycles. The minimum Gasteiger partial charge on any atom is -0.390 e. The van der Waals surface area contributed by atoms with E-state index < -0.39 is 5.60 Å². The van der Waals surface area contributed by atoms with E-state index in [2.05, 4.69) is 29.9 Å². The number of imidazole rings is 1. The lowest BCUT2D eigenvalue weighted by atomic mass is 9.69. The number of benzene rings is 1. The number of hydrogen-bond acceptors (Lipinski definition) is 4. The maximum atomic E-state index is 12.7.